The molecule has 5 heteroatoms. The quantitative estimate of drug-likeness (QED) is 0.684. The molecule has 1 aromatic rings. The first-order valence-corrected chi connectivity index (χ1v) is 6.40. The lowest BCUT2D eigenvalue weighted by atomic mass is 10.0. The maximum atomic E-state index is 8.65. The summed E-state index contributed by atoms with van der Waals surface area (Å²) >= 11 is 3.47. The Kier molecular flexibility index (Phi) is 5.35. The summed E-state index contributed by atoms with van der Waals surface area (Å²) < 4.78 is 1.02. The Morgan fingerprint density at radius 2 is 1.72 bits per heavy atom. The summed E-state index contributed by atoms with van der Waals surface area (Å²) in [6, 6.07) is 7.47. The summed E-state index contributed by atoms with van der Waals surface area (Å²) in [7, 11) is 0. The molecular formula is C13H13BrN4. The van der Waals surface area contributed by atoms with Gasteiger partial charge in [-0.05, 0) is 36.1 Å². The summed E-state index contributed by atoms with van der Waals surface area (Å²) in [5.41, 5.74) is 5.73. The maximum absolute atomic E-state index is 8.65. The van der Waals surface area contributed by atoms with E-state index in [4.69, 9.17) is 10.5 Å². The number of benzene rings is 1. The van der Waals surface area contributed by atoms with Gasteiger partial charge in [0.15, 0.2) is 0 Å². The lowest BCUT2D eigenvalue weighted by Crippen LogP contribution is -2.02. The van der Waals surface area contributed by atoms with Crippen LogP contribution in [0.5, 0.6) is 0 Å². The van der Waals surface area contributed by atoms with Crippen LogP contribution in [0.15, 0.2) is 21.7 Å². The molecule has 1 N–H and O–H groups in total. The van der Waals surface area contributed by atoms with Crippen molar-refractivity contribution in [1.82, 2.24) is 0 Å². The number of hydrazone groups is 1. The van der Waals surface area contributed by atoms with Gasteiger partial charge in [0.1, 0.15) is 12.1 Å². The van der Waals surface area contributed by atoms with Crippen LogP contribution < -0.4 is 5.43 Å². The molecule has 1 rings (SSSR count). The molecule has 4 nitrogen and oxygen atoms in total. The SMILES string of the molecule is CCc1cc(Br)cc(CC)c1NN=C(C#N)C#N. The highest BCUT2D eigenvalue weighted by Crippen LogP contribution is 2.27. The third kappa shape index (κ3) is 3.32. The van der Waals surface area contributed by atoms with E-state index in [1.165, 1.54) is 0 Å². The van der Waals surface area contributed by atoms with Crippen LogP contribution in [-0.4, -0.2) is 5.71 Å². The first-order chi connectivity index (χ1) is 8.65. The fraction of sp³-hybridized carbons (Fsp3) is 0.308. The summed E-state index contributed by atoms with van der Waals surface area (Å²) in [4.78, 5) is 0. The van der Waals surface area contributed by atoms with Crippen LogP contribution in [0.2, 0.25) is 0 Å². The van der Waals surface area contributed by atoms with Gasteiger partial charge in [-0.3, -0.25) is 5.43 Å². The Hall–Kier alpha value is -1.85. The van der Waals surface area contributed by atoms with Crippen molar-refractivity contribution < 1.29 is 0 Å². The van der Waals surface area contributed by atoms with Crippen molar-refractivity contribution in [3.63, 3.8) is 0 Å². The smallest absolute Gasteiger partial charge is 0.237 e. The van der Waals surface area contributed by atoms with Gasteiger partial charge in [-0.25, -0.2) is 0 Å². The fourth-order valence-corrected chi connectivity index (χ4v) is 2.17. The van der Waals surface area contributed by atoms with Crippen LogP contribution >= 0.6 is 15.9 Å². The maximum Gasteiger partial charge on any atom is 0.237 e. The van der Waals surface area contributed by atoms with Crippen molar-refractivity contribution in [2.45, 2.75) is 26.7 Å². The number of hydrogen-bond donors (Lipinski definition) is 1. The average molecular weight is 305 g/mol. The molecule has 0 aromatic heterocycles. The number of aryl methyl sites for hydroxylation is 2. The highest BCUT2D eigenvalue weighted by atomic mass is 79.9. The molecule has 0 spiro atoms. The van der Waals surface area contributed by atoms with Crippen LogP contribution in [-0.2, 0) is 12.8 Å². The zero-order chi connectivity index (χ0) is 13.5. The summed E-state index contributed by atoms with van der Waals surface area (Å²) in [6.07, 6.45) is 1.69. The minimum absolute atomic E-state index is 0.179. The Labute approximate surface area is 115 Å². The zero-order valence-corrected chi connectivity index (χ0v) is 11.9. The molecule has 0 heterocycles. The van der Waals surface area contributed by atoms with Crippen molar-refractivity contribution in [2.24, 2.45) is 5.10 Å². The van der Waals surface area contributed by atoms with E-state index in [9.17, 15) is 0 Å². The number of nitriles is 2. The molecule has 1 aromatic carbocycles. The molecule has 0 aliphatic carbocycles. The Morgan fingerprint density at radius 1 is 1.22 bits per heavy atom. The van der Waals surface area contributed by atoms with E-state index in [0.29, 0.717) is 0 Å². The first-order valence-electron chi connectivity index (χ1n) is 5.61. The molecule has 0 atom stereocenters. The minimum atomic E-state index is -0.179. The normalized spacial score (nSPS) is 9.17. The Bertz CT molecular complexity index is 508. The van der Waals surface area contributed by atoms with Gasteiger partial charge in [-0.1, -0.05) is 29.8 Å². The Balaban J connectivity index is 3.19. The van der Waals surface area contributed by atoms with Crippen LogP contribution in [0.25, 0.3) is 0 Å². The second-order valence-corrected chi connectivity index (χ2v) is 4.52. The van der Waals surface area contributed by atoms with Crippen molar-refractivity contribution >= 4 is 27.3 Å². The number of hydrogen-bond acceptors (Lipinski definition) is 4. The molecule has 0 amide bonds. The third-order valence-electron chi connectivity index (χ3n) is 2.52. The third-order valence-corrected chi connectivity index (χ3v) is 2.98. The number of halogens is 1. The molecule has 0 aliphatic heterocycles. The molecule has 0 saturated carbocycles. The van der Waals surface area contributed by atoms with Crippen LogP contribution in [0.4, 0.5) is 5.69 Å². The molecule has 0 radical (unpaired) electrons. The van der Waals surface area contributed by atoms with Crippen molar-refractivity contribution in [3.8, 4) is 12.1 Å². The minimum Gasteiger partial charge on any atom is -0.276 e. The lowest BCUT2D eigenvalue weighted by molar-refractivity contribution is 1.07. The topological polar surface area (TPSA) is 72.0 Å². The molecule has 18 heavy (non-hydrogen) atoms. The highest BCUT2D eigenvalue weighted by Gasteiger charge is 2.08. The standard InChI is InChI=1S/C13H13BrN4/c1-3-9-5-11(14)6-10(4-2)13(9)18-17-12(7-15)8-16/h5-6,18H,3-4H2,1-2H3. The second kappa shape index (κ2) is 6.78. The van der Waals surface area contributed by atoms with Gasteiger partial charge >= 0.3 is 0 Å². The average Bonchev–Trinajstić information content (AvgIpc) is 2.40. The van der Waals surface area contributed by atoms with E-state index in [1.807, 2.05) is 26.0 Å². The predicted octanol–water partition coefficient (Wildman–Crippen LogP) is 3.39. The number of nitrogens with zero attached hydrogens (tertiary/aromatic N) is 3. The van der Waals surface area contributed by atoms with E-state index >= 15 is 0 Å². The van der Waals surface area contributed by atoms with Crippen LogP contribution in [0, 0.1) is 22.7 Å². The molecular weight excluding hydrogens is 292 g/mol. The monoisotopic (exact) mass is 304 g/mol. The largest absolute Gasteiger partial charge is 0.276 e. The number of anilines is 1. The van der Waals surface area contributed by atoms with E-state index in [1.54, 1.807) is 12.1 Å². The molecule has 0 fully saturated rings. The van der Waals surface area contributed by atoms with E-state index in [-0.39, 0.29) is 5.71 Å². The summed E-state index contributed by atoms with van der Waals surface area (Å²) in [6.45, 7) is 4.09. The summed E-state index contributed by atoms with van der Waals surface area (Å²) in [5.74, 6) is 0. The van der Waals surface area contributed by atoms with Crippen LogP contribution in [0.3, 0.4) is 0 Å². The number of rotatable bonds is 4. The molecule has 0 bridgehead atoms. The Morgan fingerprint density at radius 3 is 2.11 bits per heavy atom. The fourth-order valence-electron chi connectivity index (χ4n) is 1.61. The number of nitrogens with one attached hydrogen (secondary N) is 1. The van der Waals surface area contributed by atoms with E-state index < -0.39 is 0 Å². The van der Waals surface area contributed by atoms with Gasteiger partial charge in [0, 0.05) is 4.47 Å². The summed E-state index contributed by atoms with van der Waals surface area (Å²) in [5, 5.41) is 21.1. The van der Waals surface area contributed by atoms with Gasteiger partial charge < -0.3 is 0 Å². The zero-order valence-electron chi connectivity index (χ0n) is 10.3. The van der Waals surface area contributed by atoms with Gasteiger partial charge in [0.2, 0.25) is 5.71 Å². The van der Waals surface area contributed by atoms with Gasteiger partial charge in [0.05, 0.1) is 5.69 Å². The lowest BCUT2D eigenvalue weighted by Gasteiger charge is -2.13. The first kappa shape index (κ1) is 14.2. The predicted molar refractivity (Wildman–Crippen MR) is 75.2 cm³/mol. The van der Waals surface area contributed by atoms with Crippen molar-refractivity contribution in [3.05, 3.63) is 27.7 Å². The van der Waals surface area contributed by atoms with Crippen molar-refractivity contribution in [2.75, 3.05) is 5.43 Å². The highest BCUT2D eigenvalue weighted by molar-refractivity contribution is 9.10. The van der Waals surface area contributed by atoms with Crippen LogP contribution in [0.1, 0.15) is 25.0 Å². The van der Waals surface area contributed by atoms with E-state index in [0.717, 1.165) is 34.1 Å². The molecule has 92 valence electrons. The van der Waals surface area contributed by atoms with Gasteiger partial charge in [-0.2, -0.15) is 15.6 Å². The van der Waals surface area contributed by atoms with Gasteiger partial charge in [0.25, 0.3) is 0 Å². The van der Waals surface area contributed by atoms with E-state index in [2.05, 4.69) is 26.5 Å². The van der Waals surface area contributed by atoms with Crippen molar-refractivity contribution in [1.29, 1.82) is 10.5 Å². The molecule has 0 saturated heterocycles. The molecule has 0 aliphatic rings. The molecule has 0 unspecified atom stereocenters. The second-order valence-electron chi connectivity index (χ2n) is 3.60. The van der Waals surface area contributed by atoms with Gasteiger partial charge in [-0.15, -0.1) is 0 Å².